The number of aliphatic imine (C=N–C) groups is 1. The van der Waals surface area contributed by atoms with Gasteiger partial charge in [0.1, 0.15) is 5.82 Å². The van der Waals surface area contributed by atoms with Gasteiger partial charge in [0.05, 0.1) is 11.6 Å². The van der Waals surface area contributed by atoms with Crippen LogP contribution in [0, 0.1) is 5.82 Å². The quantitative estimate of drug-likeness (QED) is 0.632. The van der Waals surface area contributed by atoms with Crippen molar-refractivity contribution in [2.45, 2.75) is 26.4 Å². The fourth-order valence-electron chi connectivity index (χ4n) is 1.16. The lowest BCUT2D eigenvalue weighted by Crippen LogP contribution is -2.36. The van der Waals surface area contributed by atoms with E-state index in [4.69, 9.17) is 17.3 Å². The number of hydrogen-bond donors (Lipinski definition) is 2. The molecule has 16 heavy (non-hydrogen) atoms. The van der Waals surface area contributed by atoms with Gasteiger partial charge in [-0.25, -0.2) is 9.38 Å². The van der Waals surface area contributed by atoms with Crippen molar-refractivity contribution >= 4 is 17.6 Å². The topological polar surface area (TPSA) is 50.4 Å². The van der Waals surface area contributed by atoms with Gasteiger partial charge in [0, 0.05) is 6.04 Å². The van der Waals surface area contributed by atoms with Crippen LogP contribution < -0.4 is 11.1 Å². The minimum atomic E-state index is -0.428. The maximum absolute atomic E-state index is 12.9. The van der Waals surface area contributed by atoms with Crippen molar-refractivity contribution in [3.63, 3.8) is 0 Å². The number of hydrogen-bond acceptors (Lipinski definition) is 1. The molecule has 88 valence electrons. The summed E-state index contributed by atoms with van der Waals surface area (Å²) in [6, 6.07) is 4.73. The largest absolute Gasteiger partial charge is 0.370 e. The van der Waals surface area contributed by atoms with E-state index in [1.54, 1.807) is 12.1 Å². The summed E-state index contributed by atoms with van der Waals surface area (Å²) in [5.74, 6) is -0.0573. The average Bonchev–Trinajstić information content (AvgIpc) is 2.19. The maximum Gasteiger partial charge on any atom is 0.189 e. The molecule has 0 aliphatic rings. The van der Waals surface area contributed by atoms with Gasteiger partial charge in [-0.15, -0.1) is 0 Å². The Morgan fingerprint density at radius 1 is 1.56 bits per heavy atom. The van der Waals surface area contributed by atoms with E-state index in [2.05, 4.69) is 10.3 Å². The fourth-order valence-corrected chi connectivity index (χ4v) is 1.36. The summed E-state index contributed by atoms with van der Waals surface area (Å²) >= 11 is 5.64. The predicted molar refractivity (Wildman–Crippen MR) is 65.0 cm³/mol. The van der Waals surface area contributed by atoms with Crippen LogP contribution in [0.3, 0.4) is 0 Å². The van der Waals surface area contributed by atoms with Crippen molar-refractivity contribution in [1.82, 2.24) is 5.32 Å². The first kappa shape index (κ1) is 12.8. The first-order valence-corrected chi connectivity index (χ1v) is 5.37. The van der Waals surface area contributed by atoms with Gasteiger partial charge in [0.2, 0.25) is 0 Å². The first-order valence-electron chi connectivity index (χ1n) is 4.99. The predicted octanol–water partition coefficient (Wildman–Crippen LogP) is 2.29. The summed E-state index contributed by atoms with van der Waals surface area (Å²) in [5.41, 5.74) is 6.44. The standard InChI is InChI=1S/C11H15ClFN3/c1-7(2)16-11(14)15-6-8-3-4-10(13)9(12)5-8/h3-5,7H,6H2,1-2H3,(H3,14,15,16). The molecule has 0 unspecified atom stereocenters. The Kier molecular flexibility index (Phi) is 4.55. The molecule has 0 aromatic heterocycles. The van der Waals surface area contributed by atoms with Gasteiger partial charge in [-0.1, -0.05) is 17.7 Å². The Labute approximate surface area is 99.5 Å². The van der Waals surface area contributed by atoms with Crippen LogP contribution in [0.25, 0.3) is 0 Å². The molecule has 0 aliphatic carbocycles. The number of nitrogens with one attached hydrogen (secondary N) is 1. The van der Waals surface area contributed by atoms with Crippen LogP contribution in [0.1, 0.15) is 19.4 Å². The molecule has 1 aromatic carbocycles. The van der Waals surface area contributed by atoms with Crippen LogP contribution in [0.5, 0.6) is 0 Å². The van der Waals surface area contributed by atoms with Gasteiger partial charge in [-0.3, -0.25) is 0 Å². The maximum atomic E-state index is 12.9. The Morgan fingerprint density at radius 2 is 2.25 bits per heavy atom. The highest BCUT2D eigenvalue weighted by Crippen LogP contribution is 2.16. The van der Waals surface area contributed by atoms with Gasteiger partial charge in [-0.2, -0.15) is 0 Å². The van der Waals surface area contributed by atoms with Crippen LogP contribution in [0.15, 0.2) is 23.2 Å². The molecule has 0 spiro atoms. The van der Waals surface area contributed by atoms with Crippen LogP contribution in [0.2, 0.25) is 5.02 Å². The summed E-state index contributed by atoms with van der Waals surface area (Å²) in [4.78, 5) is 4.11. The molecule has 5 heteroatoms. The third-order valence-electron chi connectivity index (χ3n) is 1.85. The smallest absolute Gasteiger partial charge is 0.189 e. The van der Waals surface area contributed by atoms with E-state index in [1.807, 2.05) is 13.8 Å². The number of halogens is 2. The molecule has 0 saturated heterocycles. The lowest BCUT2D eigenvalue weighted by atomic mass is 10.2. The zero-order valence-corrected chi connectivity index (χ0v) is 10.1. The third kappa shape index (κ3) is 4.06. The van der Waals surface area contributed by atoms with Crippen molar-refractivity contribution in [3.05, 3.63) is 34.6 Å². The lowest BCUT2D eigenvalue weighted by molar-refractivity contribution is 0.627. The minimum Gasteiger partial charge on any atom is -0.370 e. The molecule has 3 N–H and O–H groups in total. The number of nitrogens with zero attached hydrogens (tertiary/aromatic N) is 1. The first-order chi connectivity index (χ1) is 7.49. The fraction of sp³-hybridized carbons (Fsp3) is 0.364. The van der Waals surface area contributed by atoms with Gasteiger partial charge in [0.15, 0.2) is 5.96 Å². The minimum absolute atomic E-state index is 0.100. The van der Waals surface area contributed by atoms with E-state index >= 15 is 0 Å². The molecule has 0 heterocycles. The van der Waals surface area contributed by atoms with Gasteiger partial charge < -0.3 is 11.1 Å². The molecule has 0 radical (unpaired) electrons. The zero-order chi connectivity index (χ0) is 12.1. The lowest BCUT2D eigenvalue weighted by Gasteiger charge is -2.08. The summed E-state index contributed by atoms with van der Waals surface area (Å²) in [7, 11) is 0. The average molecular weight is 244 g/mol. The van der Waals surface area contributed by atoms with E-state index in [-0.39, 0.29) is 11.1 Å². The molecule has 0 amide bonds. The van der Waals surface area contributed by atoms with Gasteiger partial charge >= 0.3 is 0 Å². The number of guanidine groups is 1. The molecule has 0 aliphatic heterocycles. The highest BCUT2D eigenvalue weighted by Gasteiger charge is 2.00. The monoisotopic (exact) mass is 243 g/mol. The van der Waals surface area contributed by atoms with Crippen molar-refractivity contribution in [2.75, 3.05) is 0 Å². The molecule has 0 atom stereocenters. The van der Waals surface area contributed by atoms with Crippen LogP contribution in [0.4, 0.5) is 4.39 Å². The third-order valence-corrected chi connectivity index (χ3v) is 2.14. The second-order valence-electron chi connectivity index (χ2n) is 3.75. The summed E-state index contributed by atoms with van der Waals surface area (Å²) in [5, 5.41) is 3.06. The van der Waals surface area contributed by atoms with Crippen molar-refractivity contribution in [1.29, 1.82) is 0 Å². The SMILES string of the molecule is CC(C)NC(N)=NCc1ccc(F)c(Cl)c1. The van der Waals surface area contributed by atoms with Gasteiger partial charge in [-0.05, 0) is 31.5 Å². The second kappa shape index (κ2) is 5.70. The van der Waals surface area contributed by atoms with Crippen LogP contribution in [-0.2, 0) is 6.54 Å². The molecule has 0 bridgehead atoms. The Balaban J connectivity index is 2.63. The van der Waals surface area contributed by atoms with E-state index in [0.29, 0.717) is 12.5 Å². The number of nitrogens with two attached hydrogens (primary N) is 1. The highest BCUT2D eigenvalue weighted by molar-refractivity contribution is 6.30. The number of benzene rings is 1. The van der Waals surface area contributed by atoms with E-state index < -0.39 is 5.82 Å². The molecule has 1 aromatic rings. The highest BCUT2D eigenvalue weighted by atomic mass is 35.5. The van der Waals surface area contributed by atoms with Crippen molar-refractivity contribution in [2.24, 2.45) is 10.7 Å². The van der Waals surface area contributed by atoms with Crippen molar-refractivity contribution in [3.8, 4) is 0 Å². The Bertz CT molecular complexity index is 391. The van der Waals surface area contributed by atoms with E-state index in [9.17, 15) is 4.39 Å². The summed E-state index contributed by atoms with van der Waals surface area (Å²) < 4.78 is 12.9. The molecule has 0 saturated carbocycles. The van der Waals surface area contributed by atoms with Gasteiger partial charge in [0.25, 0.3) is 0 Å². The summed E-state index contributed by atoms with van der Waals surface area (Å²) in [6.45, 7) is 4.32. The van der Waals surface area contributed by atoms with E-state index in [0.717, 1.165) is 5.56 Å². The molecule has 1 rings (SSSR count). The number of rotatable bonds is 3. The van der Waals surface area contributed by atoms with E-state index in [1.165, 1.54) is 6.07 Å². The normalized spacial score (nSPS) is 11.9. The molecular weight excluding hydrogens is 229 g/mol. The summed E-state index contributed by atoms with van der Waals surface area (Å²) in [6.07, 6.45) is 0. The van der Waals surface area contributed by atoms with Crippen molar-refractivity contribution < 1.29 is 4.39 Å². The molecular formula is C11H15ClFN3. The van der Waals surface area contributed by atoms with Crippen LogP contribution >= 0.6 is 11.6 Å². The zero-order valence-electron chi connectivity index (χ0n) is 9.30. The second-order valence-corrected chi connectivity index (χ2v) is 4.16. The van der Waals surface area contributed by atoms with Crippen LogP contribution in [-0.4, -0.2) is 12.0 Å². The molecule has 3 nitrogen and oxygen atoms in total. The Hall–Kier alpha value is -1.29. The molecule has 0 fully saturated rings. The Morgan fingerprint density at radius 3 is 2.81 bits per heavy atom.